The number of hydrogen-bond acceptors (Lipinski definition) is 7. The molecular weight excluding hydrogens is 1920 g/mol. The summed E-state index contributed by atoms with van der Waals surface area (Å²) in [6.45, 7) is 17.6. The van der Waals surface area contributed by atoms with Crippen molar-refractivity contribution in [2.75, 3.05) is 21.3 Å². The average Bonchev–Trinajstić information content (AvgIpc) is 1.40. The van der Waals surface area contributed by atoms with Crippen LogP contribution in [0.5, 0.6) is 0 Å². The SMILES string of the molecule is CCC(Cc1cc(-n2c3ccccc3c3ncccc32)cc(-n2c3ccccc3c3ncccc32)c1)OC.CCC(Cc1cc(C)c(-c2cc[c-]c3c4ncn(C)c4c4ccccc4c23)c(C)c1)OC.CCC(Cc1cccc(-n2c3ccccc3c3cc(-c4cccc(-n5c6ccccc6c6ccccc65)c4)ccc32)c1)OC.Cc1cc(C)c(-c2cc[c-]c3c4ncn(C)c4c4ccccc4c23)c(C)c1.[Ir]. The van der Waals surface area contributed by atoms with Gasteiger partial charge in [0.15, 0.2) is 0 Å². The molecule has 1 radical (unpaired) electrons. The van der Waals surface area contributed by atoms with Crippen LogP contribution < -0.4 is 0 Å². The number of rotatable bonds is 19. The average molecular weight is 2030 g/mol. The minimum absolute atomic E-state index is 0. The first-order valence-electron chi connectivity index (χ1n) is 49.2. The second-order valence-corrected chi connectivity index (χ2v) is 37.7. The monoisotopic (exact) mass is 2030 g/mol. The van der Waals surface area contributed by atoms with E-state index >= 15 is 0 Å². The summed E-state index contributed by atoms with van der Waals surface area (Å²) in [5, 5.41) is 17.0. The van der Waals surface area contributed by atoms with Gasteiger partial charge in [0.05, 0.1) is 86.1 Å². The Morgan fingerprint density at radius 2 is 0.641 bits per heavy atom. The van der Waals surface area contributed by atoms with Gasteiger partial charge in [-0.05, 0) is 254 Å². The van der Waals surface area contributed by atoms with E-state index in [9.17, 15) is 0 Å². The molecule has 17 aromatic carbocycles. The fourth-order valence-electron chi connectivity index (χ4n) is 22.6. The van der Waals surface area contributed by atoms with Crippen molar-refractivity contribution in [1.29, 1.82) is 0 Å². The van der Waals surface area contributed by atoms with Crippen LogP contribution in [0.3, 0.4) is 0 Å². The fourth-order valence-corrected chi connectivity index (χ4v) is 22.6. The molecule has 0 aliphatic carbocycles. The predicted octanol–water partition coefficient (Wildman–Crippen LogP) is 31.4. The number of fused-ring (bicyclic) bond motifs is 24. The normalized spacial score (nSPS) is 12.4. The molecule has 14 heteroatoms. The minimum atomic E-state index is 0. The van der Waals surface area contributed by atoms with Gasteiger partial charge in [-0.2, -0.15) is 0 Å². The number of hydrogen-bond donors (Lipinski definition) is 0. The molecule has 25 rings (SSSR count). The molecule has 142 heavy (non-hydrogen) atoms. The molecule has 0 N–H and O–H groups in total. The van der Waals surface area contributed by atoms with Crippen molar-refractivity contribution in [3.63, 3.8) is 0 Å². The van der Waals surface area contributed by atoms with Crippen molar-refractivity contribution in [2.24, 2.45) is 14.1 Å². The van der Waals surface area contributed by atoms with Gasteiger partial charge in [0.25, 0.3) is 0 Å². The predicted molar refractivity (Wildman–Crippen MR) is 589 cm³/mol. The Kier molecular flexibility index (Phi) is 25.9. The van der Waals surface area contributed by atoms with Crippen LogP contribution in [-0.4, -0.2) is 87.0 Å². The number of aromatic nitrogens is 10. The quantitative estimate of drug-likeness (QED) is 0.0586. The second kappa shape index (κ2) is 39.4. The Bertz CT molecular complexity index is 8810. The Morgan fingerprint density at radius 3 is 1.09 bits per heavy atom. The molecule has 0 amide bonds. The number of ether oxygens (including phenoxy) is 3. The Morgan fingerprint density at radius 1 is 0.289 bits per heavy atom. The molecule has 8 heterocycles. The number of para-hydroxylation sites is 5. The van der Waals surface area contributed by atoms with E-state index in [2.05, 4.69) is 412 Å². The largest absolute Gasteiger partial charge is 0.381 e. The van der Waals surface area contributed by atoms with Gasteiger partial charge < -0.3 is 41.6 Å². The van der Waals surface area contributed by atoms with Crippen LogP contribution >= 0.6 is 0 Å². The van der Waals surface area contributed by atoms with Gasteiger partial charge in [-0.1, -0.05) is 253 Å². The number of benzene rings is 17. The maximum Gasteiger partial charge on any atom is 0.0963 e. The minimum Gasteiger partial charge on any atom is -0.381 e. The molecule has 0 saturated carbocycles. The molecule has 3 atom stereocenters. The van der Waals surface area contributed by atoms with Crippen molar-refractivity contribution < 1.29 is 34.3 Å². The topological polar surface area (TPSA) is 109 Å². The van der Waals surface area contributed by atoms with Crippen LogP contribution in [0.25, 0.3) is 209 Å². The number of aryl methyl sites for hydroxylation is 7. The van der Waals surface area contributed by atoms with E-state index in [1.54, 1.807) is 21.3 Å². The Hall–Kier alpha value is -15.3. The maximum absolute atomic E-state index is 5.81. The molecule has 3 unspecified atom stereocenters. The molecular formula is C128H112IrN10O3-2. The van der Waals surface area contributed by atoms with Crippen molar-refractivity contribution in [3.05, 3.63) is 409 Å². The van der Waals surface area contributed by atoms with Crippen molar-refractivity contribution in [2.45, 2.75) is 112 Å². The summed E-state index contributed by atoms with van der Waals surface area (Å²) in [6, 6.07) is 125. The molecule has 0 fully saturated rings. The molecule has 703 valence electrons. The standard InChI is InChI=1S/C41H34N2O.C33H28N4O.C29H29N2O.C25H21N2.Ir/c1-3-33(44-2)25-28-12-10-14-31(24-28)42-40-21-9-6-18-36(40)37-27-30(22-23-41(37)42)29-13-11-15-32(26-29)43-38-19-7-4-16-34(38)35-17-5-8-20-39(35)43;1-3-25(38-2)20-22-18-23(36-28-12-6-4-10-26(28)32-30(36)14-8-16-34-32)21-24(19-22)37-29-13-7-5-11-27(29)33-31(37)15-9-17-35-33;1-6-21(32-5)16-20-14-18(2)26(19(3)15-20)24-12-9-13-25-27(24)22-10-7-8-11-23(22)29-28(25)30-17-31(29)4;1-15-12-16(2)22(17(3)13-15)20-10-7-11-21-23(20)18-8-5-6-9-19(18)25-24(21)26-14-27(25)4;/h4-24,26-27,33H,3,25H2,1-2H3;4-19,21,25H,3,20H2,1-2H3;7-12,14-15,17,21H,6,16H2,1-5H3;5-10,12-14H,1-4H3;/q;;2*-1;. The van der Waals surface area contributed by atoms with Crippen LogP contribution in [0.1, 0.15) is 84.5 Å². The summed E-state index contributed by atoms with van der Waals surface area (Å²) in [7, 11) is 9.54. The summed E-state index contributed by atoms with van der Waals surface area (Å²) >= 11 is 0. The second-order valence-electron chi connectivity index (χ2n) is 37.7. The molecule has 0 spiro atoms. The molecule has 0 aliphatic rings. The van der Waals surface area contributed by atoms with Crippen LogP contribution in [0, 0.1) is 46.8 Å². The van der Waals surface area contributed by atoms with Crippen molar-refractivity contribution in [3.8, 4) is 56.1 Å². The third-order valence-electron chi connectivity index (χ3n) is 29.0. The number of imidazole rings is 2. The molecule has 0 saturated heterocycles. The molecule has 0 aliphatic heterocycles. The summed E-state index contributed by atoms with van der Waals surface area (Å²) in [6.07, 6.45) is 13.8. The molecule has 25 aromatic rings. The van der Waals surface area contributed by atoms with E-state index in [1.807, 2.05) is 49.3 Å². The Balaban J connectivity index is 0.000000113. The number of pyridine rings is 2. The van der Waals surface area contributed by atoms with E-state index in [0.29, 0.717) is 0 Å². The fraction of sp³-hybridized carbons (Fsp3) is 0.172. The Labute approximate surface area is 841 Å². The zero-order valence-corrected chi connectivity index (χ0v) is 84.9. The van der Waals surface area contributed by atoms with Gasteiger partial charge in [0, 0.05) is 145 Å². The van der Waals surface area contributed by atoms with Gasteiger partial charge in [0.2, 0.25) is 0 Å². The summed E-state index contributed by atoms with van der Waals surface area (Å²) in [4.78, 5) is 19.0. The van der Waals surface area contributed by atoms with E-state index in [0.717, 1.165) is 121 Å². The number of nitrogens with zero attached hydrogens (tertiary/aromatic N) is 10. The number of methoxy groups -OCH3 is 3. The van der Waals surface area contributed by atoms with Crippen LogP contribution in [-0.2, 0) is 67.7 Å². The van der Waals surface area contributed by atoms with Crippen molar-refractivity contribution >= 4 is 153 Å². The van der Waals surface area contributed by atoms with E-state index in [-0.39, 0.29) is 38.4 Å². The van der Waals surface area contributed by atoms with E-state index in [1.165, 1.54) is 171 Å². The summed E-state index contributed by atoms with van der Waals surface area (Å²) in [5.41, 5.74) is 38.3. The van der Waals surface area contributed by atoms with Gasteiger partial charge in [0.1, 0.15) is 0 Å². The molecule has 8 aromatic heterocycles. The first kappa shape index (κ1) is 93.1. The summed E-state index contributed by atoms with van der Waals surface area (Å²) in [5.74, 6) is 0. The zero-order chi connectivity index (χ0) is 96.4. The zero-order valence-electron chi connectivity index (χ0n) is 82.5. The smallest absolute Gasteiger partial charge is 0.0963 e. The van der Waals surface area contributed by atoms with Crippen molar-refractivity contribution in [1.82, 2.24) is 47.3 Å². The summed E-state index contributed by atoms with van der Waals surface area (Å²) < 4.78 is 30.8. The first-order valence-corrected chi connectivity index (χ1v) is 49.2. The van der Waals surface area contributed by atoms with Gasteiger partial charge in [-0.3, -0.25) is 19.9 Å². The third-order valence-corrected chi connectivity index (χ3v) is 29.0. The third kappa shape index (κ3) is 16.6. The van der Waals surface area contributed by atoms with E-state index in [4.69, 9.17) is 34.1 Å². The van der Waals surface area contributed by atoms with E-state index < -0.39 is 0 Å². The van der Waals surface area contributed by atoms with Gasteiger partial charge in [-0.25, -0.2) is 0 Å². The maximum atomic E-state index is 5.81. The van der Waals surface area contributed by atoms with Crippen LogP contribution in [0.4, 0.5) is 0 Å². The van der Waals surface area contributed by atoms with Gasteiger partial charge in [-0.15, -0.1) is 47.2 Å². The van der Waals surface area contributed by atoms with Crippen LogP contribution in [0.15, 0.2) is 353 Å². The van der Waals surface area contributed by atoms with Gasteiger partial charge >= 0.3 is 0 Å². The molecule has 0 bridgehead atoms. The molecule has 13 nitrogen and oxygen atoms in total. The first-order chi connectivity index (χ1) is 69.1. The van der Waals surface area contributed by atoms with Crippen LogP contribution in [0.2, 0.25) is 0 Å².